The molecule has 0 saturated carbocycles. The van der Waals surface area contributed by atoms with E-state index in [2.05, 4.69) is 52.0 Å². The Labute approximate surface area is 245 Å². The molecule has 1 saturated heterocycles. The van der Waals surface area contributed by atoms with Crippen LogP contribution in [0.2, 0.25) is 0 Å². The van der Waals surface area contributed by atoms with Gasteiger partial charge in [0.2, 0.25) is 0 Å². The SMILES string of the molecule is CCNC(=O)NCc1cccc(-c2ccc(C3OC(CSc4ccccn4)CC(c4ccc(CO)cc4)O3)cc2)c1. The van der Waals surface area contributed by atoms with Crippen molar-refractivity contribution in [3.63, 3.8) is 0 Å². The highest BCUT2D eigenvalue weighted by atomic mass is 32.2. The second-order valence-corrected chi connectivity index (χ2v) is 10.9. The van der Waals surface area contributed by atoms with Gasteiger partial charge in [-0.3, -0.25) is 0 Å². The van der Waals surface area contributed by atoms with Crippen LogP contribution in [-0.4, -0.2) is 34.5 Å². The smallest absolute Gasteiger partial charge is 0.315 e. The molecule has 0 bridgehead atoms. The minimum absolute atomic E-state index is 0.0147. The van der Waals surface area contributed by atoms with Gasteiger partial charge < -0.3 is 25.2 Å². The Morgan fingerprint density at radius 2 is 1.71 bits per heavy atom. The van der Waals surface area contributed by atoms with E-state index >= 15 is 0 Å². The van der Waals surface area contributed by atoms with Crippen molar-refractivity contribution in [2.75, 3.05) is 12.3 Å². The topological polar surface area (TPSA) is 92.7 Å². The summed E-state index contributed by atoms with van der Waals surface area (Å²) >= 11 is 1.68. The molecule has 3 N–H and O–H groups in total. The number of aromatic nitrogens is 1. The number of ether oxygens (including phenoxy) is 2. The molecule has 0 aliphatic carbocycles. The van der Waals surface area contributed by atoms with Gasteiger partial charge in [-0.05, 0) is 52.9 Å². The summed E-state index contributed by atoms with van der Waals surface area (Å²) in [5.74, 6) is 0.761. The van der Waals surface area contributed by atoms with E-state index in [1.54, 1.807) is 18.0 Å². The first-order valence-electron chi connectivity index (χ1n) is 13.9. The molecule has 5 rings (SSSR count). The van der Waals surface area contributed by atoms with Gasteiger partial charge in [0, 0.05) is 37.0 Å². The van der Waals surface area contributed by atoms with Crippen molar-refractivity contribution < 1.29 is 19.4 Å². The molecule has 3 atom stereocenters. The number of aliphatic hydroxyl groups excluding tert-OH is 1. The van der Waals surface area contributed by atoms with Crippen LogP contribution in [0.3, 0.4) is 0 Å². The molecule has 1 aliphatic rings. The fourth-order valence-corrected chi connectivity index (χ4v) is 5.61. The largest absolute Gasteiger partial charge is 0.392 e. The van der Waals surface area contributed by atoms with Crippen LogP contribution in [-0.2, 0) is 22.6 Å². The molecule has 4 aromatic rings. The number of amides is 2. The fraction of sp³-hybridized carbons (Fsp3) is 0.273. The Hall–Kier alpha value is -3.69. The molecule has 7 nitrogen and oxygen atoms in total. The molecule has 41 heavy (non-hydrogen) atoms. The number of carbonyl (C=O) groups excluding carboxylic acids is 1. The highest BCUT2D eigenvalue weighted by Crippen LogP contribution is 2.39. The first-order valence-corrected chi connectivity index (χ1v) is 14.8. The normalized spacial score (nSPS) is 18.5. The monoisotopic (exact) mass is 569 g/mol. The lowest BCUT2D eigenvalue weighted by molar-refractivity contribution is -0.245. The van der Waals surface area contributed by atoms with Crippen LogP contribution >= 0.6 is 11.8 Å². The number of hydrogen-bond acceptors (Lipinski definition) is 6. The van der Waals surface area contributed by atoms with Crippen LogP contribution in [0.4, 0.5) is 4.79 Å². The summed E-state index contributed by atoms with van der Waals surface area (Å²) in [6.45, 7) is 2.96. The first-order chi connectivity index (χ1) is 20.1. The zero-order valence-corrected chi connectivity index (χ0v) is 23.8. The number of hydrogen-bond donors (Lipinski definition) is 3. The molecule has 1 aliphatic heterocycles. The Bertz CT molecular complexity index is 1400. The van der Waals surface area contributed by atoms with Crippen molar-refractivity contribution in [1.82, 2.24) is 15.6 Å². The van der Waals surface area contributed by atoms with Gasteiger partial charge in [0.25, 0.3) is 0 Å². The number of urea groups is 1. The van der Waals surface area contributed by atoms with Gasteiger partial charge >= 0.3 is 6.03 Å². The lowest BCUT2D eigenvalue weighted by Gasteiger charge is -2.36. The van der Waals surface area contributed by atoms with Crippen molar-refractivity contribution in [1.29, 1.82) is 0 Å². The van der Waals surface area contributed by atoms with Gasteiger partial charge in [-0.15, -0.1) is 11.8 Å². The number of aliphatic hydroxyl groups is 1. The predicted octanol–water partition coefficient (Wildman–Crippen LogP) is 6.40. The molecule has 3 unspecified atom stereocenters. The molecular weight excluding hydrogens is 534 g/mol. The number of nitrogens with zero attached hydrogens (tertiary/aromatic N) is 1. The molecule has 8 heteroatoms. The summed E-state index contributed by atoms with van der Waals surface area (Å²) in [5, 5.41) is 16.1. The van der Waals surface area contributed by atoms with E-state index in [0.717, 1.165) is 50.6 Å². The van der Waals surface area contributed by atoms with Gasteiger partial charge in [-0.2, -0.15) is 0 Å². The molecule has 2 amide bonds. The van der Waals surface area contributed by atoms with Crippen molar-refractivity contribution in [3.05, 3.63) is 119 Å². The quantitative estimate of drug-likeness (QED) is 0.192. The van der Waals surface area contributed by atoms with E-state index < -0.39 is 6.29 Å². The molecular formula is C33H35N3O4S. The number of thioether (sulfide) groups is 1. The van der Waals surface area contributed by atoms with Gasteiger partial charge in [0.15, 0.2) is 6.29 Å². The summed E-state index contributed by atoms with van der Waals surface area (Å²) in [4.78, 5) is 16.2. The van der Waals surface area contributed by atoms with Gasteiger partial charge in [-0.1, -0.05) is 72.8 Å². The van der Waals surface area contributed by atoms with Gasteiger partial charge in [-0.25, -0.2) is 9.78 Å². The van der Waals surface area contributed by atoms with Gasteiger partial charge in [0.1, 0.15) is 0 Å². The second-order valence-electron chi connectivity index (χ2n) is 9.86. The van der Waals surface area contributed by atoms with Gasteiger partial charge in [0.05, 0.1) is 23.8 Å². The van der Waals surface area contributed by atoms with E-state index in [1.165, 1.54) is 0 Å². The van der Waals surface area contributed by atoms with Crippen molar-refractivity contribution in [2.45, 2.75) is 50.0 Å². The third-order valence-corrected chi connectivity index (χ3v) is 7.98. The minimum atomic E-state index is -0.512. The number of nitrogens with one attached hydrogen (secondary N) is 2. The first kappa shape index (κ1) is 28.8. The Morgan fingerprint density at radius 1 is 0.902 bits per heavy atom. The van der Waals surface area contributed by atoms with Crippen LogP contribution in [0.5, 0.6) is 0 Å². The molecule has 0 radical (unpaired) electrons. The summed E-state index contributed by atoms with van der Waals surface area (Å²) < 4.78 is 13.0. The van der Waals surface area contributed by atoms with Crippen molar-refractivity contribution in [3.8, 4) is 11.1 Å². The van der Waals surface area contributed by atoms with E-state index in [4.69, 9.17) is 9.47 Å². The second kappa shape index (κ2) is 14.3. The lowest BCUT2D eigenvalue weighted by atomic mass is 9.99. The van der Waals surface area contributed by atoms with Crippen LogP contribution in [0.15, 0.2) is 102 Å². The standard InChI is InChI=1S/C33H35N3O4S/c1-2-34-33(38)36-20-24-6-5-7-28(18-24)25-13-15-27(16-14-25)32-39-29(22-41-31-8-3-4-17-35-31)19-30(40-32)26-11-9-23(21-37)10-12-26/h3-18,29-30,32,37H,2,19-22H2,1H3,(H2,34,36,38). The molecule has 1 aromatic heterocycles. The number of carbonyl (C=O) groups is 1. The zero-order valence-electron chi connectivity index (χ0n) is 23.0. The Balaban J connectivity index is 1.31. The zero-order chi connectivity index (χ0) is 28.4. The van der Waals surface area contributed by atoms with Crippen LogP contribution in [0, 0.1) is 0 Å². The third-order valence-electron chi connectivity index (χ3n) is 6.90. The van der Waals surface area contributed by atoms with Crippen molar-refractivity contribution >= 4 is 17.8 Å². The summed E-state index contributed by atoms with van der Waals surface area (Å²) in [7, 11) is 0. The predicted molar refractivity (Wildman–Crippen MR) is 161 cm³/mol. The highest BCUT2D eigenvalue weighted by molar-refractivity contribution is 7.99. The molecule has 212 valence electrons. The molecule has 3 aromatic carbocycles. The fourth-order valence-electron chi connectivity index (χ4n) is 4.73. The molecule has 0 spiro atoms. The van der Waals surface area contributed by atoms with E-state index in [1.807, 2.05) is 61.5 Å². The highest BCUT2D eigenvalue weighted by Gasteiger charge is 2.32. The van der Waals surface area contributed by atoms with Crippen LogP contribution < -0.4 is 10.6 Å². The maximum Gasteiger partial charge on any atom is 0.315 e. The lowest BCUT2D eigenvalue weighted by Crippen LogP contribution is -2.34. The molecule has 2 heterocycles. The Morgan fingerprint density at radius 3 is 2.44 bits per heavy atom. The molecule has 1 fully saturated rings. The minimum Gasteiger partial charge on any atom is -0.392 e. The van der Waals surface area contributed by atoms with E-state index in [9.17, 15) is 9.90 Å². The third kappa shape index (κ3) is 7.95. The summed E-state index contributed by atoms with van der Waals surface area (Å²) in [6.07, 6.45) is 1.85. The maximum absolute atomic E-state index is 11.8. The van der Waals surface area contributed by atoms with Crippen LogP contribution in [0.1, 0.15) is 48.0 Å². The number of rotatable bonds is 10. The number of benzene rings is 3. The average molecular weight is 570 g/mol. The Kier molecular flexibility index (Phi) is 10.0. The summed E-state index contributed by atoms with van der Waals surface area (Å²) in [5.41, 5.74) is 6.07. The average Bonchev–Trinajstić information content (AvgIpc) is 3.03. The van der Waals surface area contributed by atoms with E-state index in [-0.39, 0.29) is 24.8 Å². The van der Waals surface area contributed by atoms with Crippen molar-refractivity contribution in [2.24, 2.45) is 0 Å². The summed E-state index contributed by atoms with van der Waals surface area (Å²) in [6, 6.07) is 30.1. The number of pyridine rings is 1. The maximum atomic E-state index is 11.8. The van der Waals surface area contributed by atoms with Crippen LogP contribution in [0.25, 0.3) is 11.1 Å². The van der Waals surface area contributed by atoms with E-state index in [0.29, 0.717) is 13.1 Å².